The number of methoxy groups -OCH3 is 2. The second-order valence-corrected chi connectivity index (χ2v) is 8.00. The third-order valence-corrected chi connectivity index (χ3v) is 5.63. The van der Waals surface area contributed by atoms with Crippen molar-refractivity contribution >= 4 is 10.0 Å². The van der Waals surface area contributed by atoms with E-state index in [0.29, 0.717) is 23.6 Å². The first-order valence-corrected chi connectivity index (χ1v) is 9.71. The molecule has 7 heteroatoms. The van der Waals surface area contributed by atoms with Gasteiger partial charge in [0.05, 0.1) is 25.2 Å². The van der Waals surface area contributed by atoms with Gasteiger partial charge in [0, 0.05) is 12.6 Å². The minimum atomic E-state index is -3.75. The minimum absolute atomic E-state index is 0.176. The molecule has 0 saturated carbocycles. The van der Waals surface area contributed by atoms with Crippen molar-refractivity contribution in [3.8, 4) is 11.5 Å². The van der Waals surface area contributed by atoms with Gasteiger partial charge in [-0.2, -0.15) is 0 Å². The summed E-state index contributed by atoms with van der Waals surface area (Å²) in [6.07, 6.45) is 0. The summed E-state index contributed by atoms with van der Waals surface area (Å²) in [7, 11) is 3.07. The maximum atomic E-state index is 13.1. The number of sulfonamides is 1. The van der Waals surface area contributed by atoms with E-state index in [-0.39, 0.29) is 10.9 Å². The van der Waals surface area contributed by atoms with Crippen molar-refractivity contribution in [1.82, 2.24) is 9.62 Å². The molecule has 0 aliphatic heterocycles. The Morgan fingerprint density at radius 3 is 2.15 bits per heavy atom. The van der Waals surface area contributed by atoms with Crippen molar-refractivity contribution in [2.45, 2.75) is 17.9 Å². The van der Waals surface area contributed by atoms with E-state index >= 15 is 0 Å². The first-order valence-electron chi connectivity index (χ1n) is 8.23. The highest BCUT2D eigenvalue weighted by Crippen LogP contribution is 2.32. The molecule has 2 aromatic carbocycles. The lowest BCUT2D eigenvalue weighted by molar-refractivity contribution is 0.353. The van der Waals surface area contributed by atoms with Gasteiger partial charge < -0.3 is 14.4 Å². The lowest BCUT2D eigenvalue weighted by atomic mass is 10.1. The number of ether oxygens (including phenoxy) is 2. The quantitative estimate of drug-likeness (QED) is 0.765. The summed E-state index contributed by atoms with van der Waals surface area (Å²) in [6, 6.07) is 12.3. The molecule has 0 aromatic heterocycles. The maximum Gasteiger partial charge on any atom is 0.241 e. The Morgan fingerprint density at radius 1 is 1.04 bits per heavy atom. The maximum absolute atomic E-state index is 13.1. The normalized spacial score (nSPS) is 12.8. The van der Waals surface area contributed by atoms with E-state index in [4.69, 9.17) is 9.47 Å². The second-order valence-electron chi connectivity index (χ2n) is 6.32. The molecule has 0 aliphatic carbocycles. The van der Waals surface area contributed by atoms with Crippen LogP contribution in [0.4, 0.5) is 0 Å². The van der Waals surface area contributed by atoms with Crippen LogP contribution in [0.1, 0.15) is 17.2 Å². The van der Waals surface area contributed by atoms with Crippen LogP contribution in [-0.4, -0.2) is 48.2 Å². The largest absolute Gasteiger partial charge is 0.493 e. The Kier molecular flexibility index (Phi) is 6.63. The van der Waals surface area contributed by atoms with Crippen molar-refractivity contribution < 1.29 is 17.9 Å². The van der Waals surface area contributed by atoms with Crippen LogP contribution in [0, 0.1) is 6.92 Å². The molecular weight excluding hydrogens is 352 g/mol. The zero-order valence-corrected chi connectivity index (χ0v) is 16.6. The van der Waals surface area contributed by atoms with Crippen molar-refractivity contribution in [2.24, 2.45) is 0 Å². The van der Waals surface area contributed by atoms with Gasteiger partial charge >= 0.3 is 0 Å². The summed E-state index contributed by atoms with van der Waals surface area (Å²) in [5.41, 5.74) is 1.50. The van der Waals surface area contributed by atoms with Gasteiger partial charge in [-0.1, -0.05) is 30.3 Å². The molecule has 0 fully saturated rings. The molecular formula is C19H26N2O4S. The van der Waals surface area contributed by atoms with Gasteiger partial charge in [0.15, 0.2) is 11.5 Å². The molecule has 0 bridgehead atoms. The molecule has 1 unspecified atom stereocenters. The molecule has 0 aliphatic rings. The molecule has 0 saturated heterocycles. The Balaban J connectivity index is 2.42. The topological polar surface area (TPSA) is 67.9 Å². The zero-order valence-electron chi connectivity index (χ0n) is 15.8. The monoisotopic (exact) mass is 378 g/mol. The third-order valence-electron chi connectivity index (χ3n) is 4.02. The highest BCUT2D eigenvalue weighted by molar-refractivity contribution is 7.89. The average Bonchev–Trinajstić information content (AvgIpc) is 2.60. The van der Waals surface area contributed by atoms with Gasteiger partial charge in [0.2, 0.25) is 10.0 Å². The lowest BCUT2D eigenvalue weighted by Crippen LogP contribution is -2.35. The lowest BCUT2D eigenvalue weighted by Gasteiger charge is -2.23. The molecule has 0 spiro atoms. The second kappa shape index (κ2) is 8.53. The van der Waals surface area contributed by atoms with Crippen molar-refractivity contribution in [3.63, 3.8) is 0 Å². The number of nitrogens with one attached hydrogen (secondary N) is 1. The first-order chi connectivity index (χ1) is 12.3. The summed E-state index contributed by atoms with van der Waals surface area (Å²) >= 11 is 0. The molecule has 2 rings (SSSR count). The summed E-state index contributed by atoms with van der Waals surface area (Å²) < 4.78 is 39.4. The third kappa shape index (κ3) is 4.75. The number of rotatable bonds is 8. The van der Waals surface area contributed by atoms with Gasteiger partial charge in [-0.25, -0.2) is 13.1 Å². The van der Waals surface area contributed by atoms with E-state index < -0.39 is 10.0 Å². The smallest absolute Gasteiger partial charge is 0.241 e. The zero-order chi connectivity index (χ0) is 19.3. The molecule has 0 amide bonds. The van der Waals surface area contributed by atoms with Crippen LogP contribution in [0.2, 0.25) is 0 Å². The van der Waals surface area contributed by atoms with Crippen molar-refractivity contribution in [2.75, 3.05) is 34.9 Å². The fourth-order valence-corrected chi connectivity index (χ4v) is 4.22. The Hall–Kier alpha value is -2.09. The number of hydrogen-bond donors (Lipinski definition) is 1. The summed E-state index contributed by atoms with van der Waals surface area (Å²) in [4.78, 5) is 2.12. The van der Waals surface area contributed by atoms with Gasteiger partial charge in [0.1, 0.15) is 0 Å². The molecule has 2 aromatic rings. The molecule has 0 heterocycles. The van der Waals surface area contributed by atoms with Gasteiger partial charge in [-0.15, -0.1) is 0 Å². The average molecular weight is 378 g/mol. The first kappa shape index (κ1) is 20.2. The van der Waals surface area contributed by atoms with E-state index in [0.717, 1.165) is 5.56 Å². The van der Waals surface area contributed by atoms with Crippen LogP contribution in [-0.2, 0) is 10.0 Å². The van der Waals surface area contributed by atoms with E-state index in [1.165, 1.54) is 20.3 Å². The van der Waals surface area contributed by atoms with Crippen LogP contribution in [0.15, 0.2) is 47.4 Å². The number of nitrogens with zero attached hydrogens (tertiary/aromatic N) is 1. The minimum Gasteiger partial charge on any atom is -0.493 e. The van der Waals surface area contributed by atoms with Crippen LogP contribution >= 0.6 is 0 Å². The molecule has 142 valence electrons. The summed E-state index contributed by atoms with van der Waals surface area (Å²) in [5.74, 6) is 0.874. The molecule has 1 N–H and O–H groups in total. The van der Waals surface area contributed by atoms with Crippen LogP contribution in [0.5, 0.6) is 11.5 Å². The fourth-order valence-electron chi connectivity index (χ4n) is 2.76. The predicted octanol–water partition coefficient (Wildman–Crippen LogP) is 2.59. The number of aryl methyl sites for hydroxylation is 1. The van der Waals surface area contributed by atoms with Crippen LogP contribution in [0.3, 0.4) is 0 Å². The van der Waals surface area contributed by atoms with E-state index in [9.17, 15) is 8.42 Å². The van der Waals surface area contributed by atoms with Gasteiger partial charge in [-0.05, 0) is 38.2 Å². The van der Waals surface area contributed by atoms with Crippen molar-refractivity contribution in [3.05, 3.63) is 53.6 Å². The number of hydrogen-bond acceptors (Lipinski definition) is 5. The SMILES string of the molecule is COc1cc(C)c(S(=O)(=O)NC(CN(C)C)c2ccccc2)cc1OC. The highest BCUT2D eigenvalue weighted by Gasteiger charge is 2.25. The molecule has 6 nitrogen and oxygen atoms in total. The Labute approximate surface area is 155 Å². The predicted molar refractivity (Wildman–Crippen MR) is 102 cm³/mol. The van der Waals surface area contributed by atoms with E-state index in [1.807, 2.05) is 49.3 Å². The Bertz CT molecular complexity index is 836. The summed E-state index contributed by atoms with van der Waals surface area (Å²) in [5, 5.41) is 0. The van der Waals surface area contributed by atoms with Crippen molar-refractivity contribution in [1.29, 1.82) is 0 Å². The number of likely N-dealkylation sites (N-methyl/N-ethyl adjacent to an activating group) is 1. The van der Waals surface area contributed by atoms with E-state index in [1.54, 1.807) is 13.0 Å². The van der Waals surface area contributed by atoms with Crippen LogP contribution < -0.4 is 14.2 Å². The number of benzene rings is 2. The summed E-state index contributed by atoms with van der Waals surface area (Å²) in [6.45, 7) is 2.27. The van der Waals surface area contributed by atoms with Crippen LogP contribution in [0.25, 0.3) is 0 Å². The molecule has 0 radical (unpaired) electrons. The highest BCUT2D eigenvalue weighted by atomic mass is 32.2. The Morgan fingerprint density at radius 2 is 1.62 bits per heavy atom. The fraction of sp³-hybridized carbons (Fsp3) is 0.368. The molecule has 26 heavy (non-hydrogen) atoms. The standard InChI is InChI=1S/C19H26N2O4S/c1-14-11-17(24-4)18(25-5)12-19(14)26(22,23)20-16(13-21(2)3)15-9-7-6-8-10-15/h6-12,16,20H,13H2,1-5H3. The van der Waals surface area contributed by atoms with Gasteiger partial charge in [0.25, 0.3) is 0 Å². The van der Waals surface area contributed by atoms with Gasteiger partial charge in [-0.3, -0.25) is 0 Å². The molecule has 1 atom stereocenters. The van der Waals surface area contributed by atoms with E-state index in [2.05, 4.69) is 4.72 Å².